The number of carbonyl (C=O) groups is 1. The first-order chi connectivity index (χ1) is 13.5. The zero-order valence-corrected chi connectivity index (χ0v) is 14.3. The molecule has 4 N–H and O–H groups in total. The molecule has 13 heteroatoms. The molecule has 0 saturated carbocycles. The lowest BCUT2D eigenvalue weighted by Gasteiger charge is -2.13. The molecule has 0 bridgehead atoms. The van der Waals surface area contributed by atoms with Gasteiger partial charge in [0.25, 0.3) is 0 Å². The van der Waals surface area contributed by atoms with Crippen LogP contribution in [0.4, 0.5) is 26.3 Å². The number of nitrogens with one attached hydrogen (secondary N) is 2. The molecule has 0 spiro atoms. The third kappa shape index (κ3) is 6.55. The zero-order chi connectivity index (χ0) is 21.7. The largest absolute Gasteiger partial charge is 0.447 e. The van der Waals surface area contributed by atoms with Crippen molar-refractivity contribution in [3.8, 4) is 0 Å². The average Bonchev–Trinajstić information content (AvgIpc) is 3.15. The first kappa shape index (κ1) is 21.8. The number of oxazole rings is 1. The molecule has 1 heterocycles. The highest BCUT2D eigenvalue weighted by molar-refractivity contribution is 5.97. The van der Waals surface area contributed by atoms with E-state index in [4.69, 9.17) is 10.2 Å². The van der Waals surface area contributed by atoms with Gasteiger partial charge in [0, 0.05) is 17.8 Å². The Morgan fingerprint density at radius 2 is 1.76 bits per heavy atom. The van der Waals surface area contributed by atoms with Crippen molar-refractivity contribution in [3.05, 3.63) is 65.5 Å². The highest BCUT2D eigenvalue weighted by Gasteiger charge is 2.37. The van der Waals surface area contributed by atoms with Crippen molar-refractivity contribution in [1.29, 1.82) is 0 Å². The van der Waals surface area contributed by atoms with Gasteiger partial charge in [0.2, 0.25) is 5.91 Å². The lowest BCUT2D eigenvalue weighted by Crippen LogP contribution is -2.21. The smallest absolute Gasteiger partial charge is 0.416 e. The highest BCUT2D eigenvalue weighted by Crippen LogP contribution is 2.36. The van der Waals surface area contributed by atoms with E-state index in [0.717, 1.165) is 12.3 Å². The zero-order valence-electron chi connectivity index (χ0n) is 14.3. The van der Waals surface area contributed by atoms with Crippen LogP contribution in [0.3, 0.4) is 0 Å². The molecule has 156 valence electrons. The number of nitrogens with two attached hydrogens (primary N) is 1. The van der Waals surface area contributed by atoms with Gasteiger partial charge in [0.15, 0.2) is 12.2 Å². The number of aromatic nitrogens is 1. The van der Waals surface area contributed by atoms with Crippen LogP contribution in [0.15, 0.2) is 52.6 Å². The number of amidine groups is 1. The third-order valence-corrected chi connectivity index (χ3v) is 3.30. The van der Waals surface area contributed by atoms with Crippen LogP contribution in [-0.4, -0.2) is 16.7 Å². The maximum atomic E-state index is 12.8. The minimum absolute atomic E-state index is 0.0248. The maximum absolute atomic E-state index is 12.8. The molecule has 0 aliphatic heterocycles. The van der Waals surface area contributed by atoms with E-state index in [1.165, 1.54) is 12.6 Å². The van der Waals surface area contributed by atoms with Gasteiger partial charge < -0.3 is 15.5 Å². The van der Waals surface area contributed by atoms with Crippen LogP contribution in [0.5, 0.6) is 0 Å². The second-order valence-electron chi connectivity index (χ2n) is 5.44. The number of hydrogen-bond donors (Lipinski definition) is 3. The summed E-state index contributed by atoms with van der Waals surface area (Å²) < 4.78 is 81.9. The predicted octanol–water partition coefficient (Wildman–Crippen LogP) is 2.75. The summed E-state index contributed by atoms with van der Waals surface area (Å²) in [7, 11) is 0. The summed E-state index contributed by atoms with van der Waals surface area (Å²) in [6, 6.07) is 0.843. The lowest BCUT2D eigenvalue weighted by molar-refractivity contribution is -0.143. The summed E-state index contributed by atoms with van der Waals surface area (Å²) in [5, 5.41) is 5.86. The molecule has 0 radical (unpaired) electrons. The second-order valence-corrected chi connectivity index (χ2v) is 5.44. The SMILES string of the molecule is N/C(=N\N/C=C\C(=O)NCc1cnco1)c1cc(C(F)(F)F)cc(C(F)(F)F)c1. The Labute approximate surface area is 159 Å². The molecule has 2 aromatic rings. The van der Waals surface area contributed by atoms with Crippen molar-refractivity contribution in [2.75, 3.05) is 0 Å². The number of hydrogen-bond acceptors (Lipinski definition) is 5. The normalized spacial score (nSPS) is 13.0. The van der Waals surface area contributed by atoms with Gasteiger partial charge in [-0.2, -0.15) is 31.4 Å². The summed E-state index contributed by atoms with van der Waals surface area (Å²) >= 11 is 0. The molecule has 0 saturated heterocycles. The van der Waals surface area contributed by atoms with Crippen LogP contribution in [0.1, 0.15) is 22.5 Å². The third-order valence-electron chi connectivity index (χ3n) is 3.30. The Bertz CT molecular complexity index is 871. The predicted molar refractivity (Wildman–Crippen MR) is 87.8 cm³/mol. The molecule has 0 unspecified atom stereocenters. The second kappa shape index (κ2) is 8.67. The molecular weight excluding hydrogens is 408 g/mol. The standard InChI is InChI=1S/C16H13F6N5O2/c17-15(18,19)10-3-9(4-11(5-10)16(20,21)22)14(23)27-26-2-1-13(28)25-7-12-6-24-8-29-12/h1-6,8,26H,7H2,(H2,23,27)(H,25,28)/b2-1-. The Balaban J connectivity index is 2.07. The molecule has 1 amide bonds. The van der Waals surface area contributed by atoms with Crippen LogP contribution in [0.2, 0.25) is 0 Å². The van der Waals surface area contributed by atoms with E-state index in [9.17, 15) is 31.1 Å². The molecule has 0 aliphatic rings. The van der Waals surface area contributed by atoms with Gasteiger partial charge in [-0.3, -0.25) is 10.2 Å². The van der Waals surface area contributed by atoms with Crippen molar-refractivity contribution in [1.82, 2.24) is 15.7 Å². The number of amides is 1. The first-order valence-electron chi connectivity index (χ1n) is 7.67. The van der Waals surface area contributed by atoms with E-state index in [-0.39, 0.29) is 12.6 Å². The summed E-state index contributed by atoms with van der Waals surface area (Å²) in [6.45, 7) is 0.0546. The summed E-state index contributed by atoms with van der Waals surface area (Å²) in [4.78, 5) is 15.2. The summed E-state index contributed by atoms with van der Waals surface area (Å²) in [5.41, 5.74) is 3.96. The van der Waals surface area contributed by atoms with Crippen LogP contribution < -0.4 is 16.5 Å². The summed E-state index contributed by atoms with van der Waals surface area (Å²) in [6.07, 6.45) is -5.50. The number of alkyl halides is 6. The number of hydrazone groups is 1. The van der Waals surface area contributed by atoms with Crippen LogP contribution >= 0.6 is 0 Å². The highest BCUT2D eigenvalue weighted by atomic mass is 19.4. The Morgan fingerprint density at radius 3 is 2.28 bits per heavy atom. The van der Waals surface area contributed by atoms with E-state index >= 15 is 0 Å². The van der Waals surface area contributed by atoms with Crippen LogP contribution in [0.25, 0.3) is 0 Å². The topological polar surface area (TPSA) is 106 Å². The minimum Gasteiger partial charge on any atom is -0.447 e. The van der Waals surface area contributed by atoms with Crippen molar-refractivity contribution in [2.24, 2.45) is 10.8 Å². The van der Waals surface area contributed by atoms with Gasteiger partial charge in [0.05, 0.1) is 23.9 Å². The minimum atomic E-state index is -5.01. The quantitative estimate of drug-likeness (QED) is 0.219. The van der Waals surface area contributed by atoms with Crippen molar-refractivity contribution in [2.45, 2.75) is 18.9 Å². The fourth-order valence-corrected chi connectivity index (χ4v) is 1.95. The van der Waals surface area contributed by atoms with Crippen molar-refractivity contribution >= 4 is 11.7 Å². The number of carbonyl (C=O) groups excluding carboxylic acids is 1. The average molecular weight is 421 g/mol. The van der Waals surface area contributed by atoms with Crippen molar-refractivity contribution in [3.63, 3.8) is 0 Å². The van der Waals surface area contributed by atoms with Gasteiger partial charge in [-0.1, -0.05) is 0 Å². The van der Waals surface area contributed by atoms with Crippen LogP contribution in [0, 0.1) is 0 Å². The number of benzene rings is 1. The van der Waals surface area contributed by atoms with Crippen molar-refractivity contribution < 1.29 is 35.6 Å². The number of halogens is 6. The molecule has 7 nitrogen and oxygen atoms in total. The molecule has 0 aliphatic carbocycles. The van der Waals surface area contributed by atoms with Gasteiger partial charge in [0.1, 0.15) is 5.76 Å². The molecule has 2 rings (SSSR count). The molecule has 0 atom stereocenters. The van der Waals surface area contributed by atoms with E-state index < -0.39 is 40.8 Å². The maximum Gasteiger partial charge on any atom is 0.416 e. The lowest BCUT2D eigenvalue weighted by atomic mass is 10.0. The fourth-order valence-electron chi connectivity index (χ4n) is 1.95. The molecule has 29 heavy (non-hydrogen) atoms. The van der Waals surface area contributed by atoms with Gasteiger partial charge in [-0.05, 0) is 18.2 Å². The summed E-state index contributed by atoms with van der Waals surface area (Å²) in [5.74, 6) is -0.832. The number of rotatable bonds is 6. The van der Waals surface area contributed by atoms with Gasteiger partial charge >= 0.3 is 12.4 Å². The van der Waals surface area contributed by atoms with E-state index in [1.807, 2.05) is 0 Å². The van der Waals surface area contributed by atoms with Gasteiger partial charge in [-0.25, -0.2) is 4.98 Å². The monoisotopic (exact) mass is 421 g/mol. The molecule has 0 fully saturated rings. The first-order valence-corrected chi connectivity index (χ1v) is 7.67. The Hall–Kier alpha value is -3.51. The Kier molecular flexibility index (Phi) is 6.51. The molecular formula is C16H13F6N5O2. The van der Waals surface area contributed by atoms with E-state index in [2.05, 4.69) is 20.8 Å². The fraction of sp³-hybridized carbons (Fsp3) is 0.188. The van der Waals surface area contributed by atoms with E-state index in [1.54, 1.807) is 0 Å². The Morgan fingerprint density at radius 1 is 1.14 bits per heavy atom. The number of nitrogens with zero attached hydrogens (tertiary/aromatic N) is 2. The van der Waals surface area contributed by atoms with E-state index in [0.29, 0.717) is 17.9 Å². The molecule has 1 aromatic heterocycles. The molecule has 1 aromatic carbocycles. The van der Waals surface area contributed by atoms with Gasteiger partial charge in [-0.15, -0.1) is 0 Å². The van der Waals surface area contributed by atoms with Crippen LogP contribution in [-0.2, 0) is 23.7 Å².